The number of allylic oxidation sites excluding steroid dienone is 8. The molecule has 0 fully saturated rings. The van der Waals surface area contributed by atoms with Crippen LogP contribution in [-0.4, -0.2) is 18.8 Å². The van der Waals surface area contributed by atoms with Crippen molar-refractivity contribution in [3.05, 3.63) is 71.5 Å². The van der Waals surface area contributed by atoms with Crippen LogP contribution >= 0.6 is 0 Å². The standard InChI is InChI=1S/C16H13N3O/c1-2-7-17-12-19-15-6-4-5-13(15)10-18-11-14-9-16(14)20-8-3-1/h1-8,10-12H,9H2/b2-1+,8-3+,13-10+,17-7?,18-11?,19-12?. The Morgan fingerprint density at radius 3 is 3.05 bits per heavy atom. The van der Waals surface area contributed by atoms with E-state index in [9.17, 15) is 0 Å². The zero-order valence-electron chi connectivity index (χ0n) is 10.8. The molecule has 0 saturated carbocycles. The van der Waals surface area contributed by atoms with E-state index in [0.29, 0.717) is 0 Å². The minimum atomic E-state index is 0.858. The van der Waals surface area contributed by atoms with Crippen molar-refractivity contribution in [1.82, 2.24) is 0 Å². The largest absolute Gasteiger partial charge is 0.469 e. The lowest BCUT2D eigenvalue weighted by Gasteiger charge is -1.94. The van der Waals surface area contributed by atoms with E-state index >= 15 is 0 Å². The van der Waals surface area contributed by atoms with Crippen LogP contribution in [0.3, 0.4) is 0 Å². The fourth-order valence-electron chi connectivity index (χ4n) is 1.69. The summed E-state index contributed by atoms with van der Waals surface area (Å²) in [5.41, 5.74) is 2.95. The van der Waals surface area contributed by atoms with E-state index < -0.39 is 0 Å². The van der Waals surface area contributed by atoms with Gasteiger partial charge in [-0.25, -0.2) is 9.98 Å². The fraction of sp³-hybridized carbons (Fsp3) is 0.0625. The number of hydrogen-bond acceptors (Lipinski definition) is 4. The highest BCUT2D eigenvalue weighted by Crippen LogP contribution is 2.30. The van der Waals surface area contributed by atoms with E-state index in [0.717, 1.165) is 29.0 Å². The maximum Gasteiger partial charge on any atom is 0.116 e. The van der Waals surface area contributed by atoms with Crippen molar-refractivity contribution >= 4 is 18.8 Å². The van der Waals surface area contributed by atoms with E-state index in [1.54, 1.807) is 18.7 Å². The van der Waals surface area contributed by atoms with Gasteiger partial charge in [0.2, 0.25) is 0 Å². The lowest BCUT2D eigenvalue weighted by Crippen LogP contribution is -1.80. The van der Waals surface area contributed by atoms with Gasteiger partial charge in [-0.15, -0.1) is 0 Å². The van der Waals surface area contributed by atoms with E-state index in [-0.39, 0.29) is 0 Å². The van der Waals surface area contributed by atoms with Crippen molar-refractivity contribution < 1.29 is 4.74 Å². The molecule has 20 heavy (non-hydrogen) atoms. The molecule has 0 aromatic carbocycles. The van der Waals surface area contributed by atoms with Crippen LogP contribution in [-0.2, 0) is 4.74 Å². The molecule has 0 spiro atoms. The SMILES string of the molecule is C1=C/C2=C\N=CC3=C(C3)O/C=C/C=C/C=NC=NC2=C1. The number of ether oxygens (including phenoxy) is 1. The third-order valence-electron chi connectivity index (χ3n) is 2.80. The van der Waals surface area contributed by atoms with Crippen molar-refractivity contribution in [2.24, 2.45) is 15.0 Å². The van der Waals surface area contributed by atoms with Gasteiger partial charge in [0.1, 0.15) is 12.1 Å². The smallest absolute Gasteiger partial charge is 0.116 e. The molecule has 4 heteroatoms. The summed E-state index contributed by atoms with van der Waals surface area (Å²) >= 11 is 0. The van der Waals surface area contributed by atoms with Gasteiger partial charge in [-0.1, -0.05) is 18.2 Å². The molecule has 0 N–H and O–H groups in total. The van der Waals surface area contributed by atoms with Crippen molar-refractivity contribution in [2.45, 2.75) is 6.42 Å². The Balaban J connectivity index is 1.83. The average Bonchev–Trinajstić information content (AvgIpc) is 3.03. The Hall–Kier alpha value is -2.75. The second kappa shape index (κ2) is 5.93. The summed E-state index contributed by atoms with van der Waals surface area (Å²) in [6, 6.07) is 0. The zero-order chi connectivity index (χ0) is 13.6. The van der Waals surface area contributed by atoms with Crippen molar-refractivity contribution in [3.8, 4) is 0 Å². The summed E-state index contributed by atoms with van der Waals surface area (Å²) in [6.07, 6.45) is 20.7. The summed E-state index contributed by atoms with van der Waals surface area (Å²) in [5, 5.41) is 0. The minimum Gasteiger partial charge on any atom is -0.469 e. The van der Waals surface area contributed by atoms with Gasteiger partial charge in [-0.05, 0) is 18.2 Å². The highest BCUT2D eigenvalue weighted by atomic mass is 16.5. The molecule has 0 radical (unpaired) electrons. The molecule has 1 aliphatic heterocycles. The molecule has 0 saturated heterocycles. The molecular weight excluding hydrogens is 250 g/mol. The summed E-state index contributed by atoms with van der Waals surface area (Å²) < 4.78 is 5.44. The highest BCUT2D eigenvalue weighted by Gasteiger charge is 2.20. The Bertz CT molecular complexity index is 668. The van der Waals surface area contributed by atoms with E-state index in [2.05, 4.69) is 15.0 Å². The molecule has 3 rings (SSSR count). The lowest BCUT2D eigenvalue weighted by atomic mass is 10.3. The van der Waals surface area contributed by atoms with Gasteiger partial charge in [0, 0.05) is 36.2 Å². The molecule has 1 heterocycles. The van der Waals surface area contributed by atoms with E-state index in [1.165, 1.54) is 6.34 Å². The third kappa shape index (κ3) is 3.17. The van der Waals surface area contributed by atoms with Gasteiger partial charge >= 0.3 is 0 Å². The number of rotatable bonds is 0. The van der Waals surface area contributed by atoms with Crippen LogP contribution in [0, 0.1) is 0 Å². The molecule has 0 amide bonds. The monoisotopic (exact) mass is 263 g/mol. The van der Waals surface area contributed by atoms with Crippen LogP contribution in [0.25, 0.3) is 0 Å². The summed E-state index contributed by atoms with van der Waals surface area (Å²) in [7, 11) is 0. The lowest BCUT2D eigenvalue weighted by molar-refractivity contribution is 0.371. The second-order valence-corrected chi connectivity index (χ2v) is 4.27. The second-order valence-electron chi connectivity index (χ2n) is 4.27. The molecule has 0 aromatic heterocycles. The molecule has 0 atom stereocenters. The van der Waals surface area contributed by atoms with Crippen LogP contribution in [0.4, 0.5) is 0 Å². The third-order valence-corrected chi connectivity index (χ3v) is 2.80. The Morgan fingerprint density at radius 1 is 1.05 bits per heavy atom. The maximum atomic E-state index is 5.44. The normalized spacial score (nSPS) is 26.2. The first-order valence-corrected chi connectivity index (χ1v) is 6.32. The molecule has 3 aliphatic rings. The number of hydrogen-bond donors (Lipinski definition) is 0. The highest BCUT2D eigenvalue weighted by molar-refractivity contribution is 5.86. The maximum absolute atomic E-state index is 5.44. The van der Waals surface area contributed by atoms with E-state index in [4.69, 9.17) is 4.74 Å². The zero-order valence-corrected chi connectivity index (χ0v) is 10.8. The molecule has 0 aromatic rings. The van der Waals surface area contributed by atoms with Gasteiger partial charge in [0.15, 0.2) is 0 Å². The van der Waals surface area contributed by atoms with Crippen molar-refractivity contribution in [1.29, 1.82) is 0 Å². The Labute approximate surface area is 117 Å². The van der Waals surface area contributed by atoms with Crippen molar-refractivity contribution in [3.63, 3.8) is 0 Å². The van der Waals surface area contributed by atoms with Gasteiger partial charge in [0.25, 0.3) is 0 Å². The van der Waals surface area contributed by atoms with Crippen LogP contribution < -0.4 is 0 Å². The van der Waals surface area contributed by atoms with Crippen LogP contribution in [0.5, 0.6) is 0 Å². The molecule has 0 unspecified atom stereocenters. The quantitative estimate of drug-likeness (QED) is 0.661. The molecule has 2 aliphatic carbocycles. The van der Waals surface area contributed by atoms with Gasteiger partial charge in [-0.2, -0.15) is 0 Å². The first kappa shape index (κ1) is 12.3. The van der Waals surface area contributed by atoms with Gasteiger partial charge < -0.3 is 4.74 Å². The average molecular weight is 263 g/mol. The predicted octanol–water partition coefficient (Wildman–Crippen LogP) is 3.25. The van der Waals surface area contributed by atoms with Crippen LogP contribution in [0.2, 0.25) is 0 Å². The van der Waals surface area contributed by atoms with Crippen molar-refractivity contribution in [2.75, 3.05) is 0 Å². The molecule has 4 nitrogen and oxygen atoms in total. The topological polar surface area (TPSA) is 46.3 Å². The number of nitrogens with zero attached hydrogens (tertiary/aromatic N) is 3. The van der Waals surface area contributed by atoms with Crippen LogP contribution in [0.1, 0.15) is 6.42 Å². The molecule has 98 valence electrons. The summed E-state index contributed by atoms with van der Waals surface area (Å²) in [5.74, 6) is 0.966. The summed E-state index contributed by atoms with van der Waals surface area (Å²) in [4.78, 5) is 12.7. The first-order valence-electron chi connectivity index (χ1n) is 6.32. The predicted molar refractivity (Wildman–Crippen MR) is 81.8 cm³/mol. The number of fused-ring (bicyclic) bond motifs is 1. The Kier molecular flexibility index (Phi) is 3.64. The molecule has 0 bridgehead atoms. The van der Waals surface area contributed by atoms with E-state index in [1.807, 2.05) is 42.7 Å². The van der Waals surface area contributed by atoms with Crippen LogP contribution in [0.15, 0.2) is 86.5 Å². The Morgan fingerprint density at radius 2 is 2.05 bits per heavy atom. The van der Waals surface area contributed by atoms with Gasteiger partial charge in [0.05, 0.1) is 12.0 Å². The van der Waals surface area contributed by atoms with Gasteiger partial charge in [-0.3, -0.25) is 4.99 Å². The minimum absolute atomic E-state index is 0.858. The fourth-order valence-corrected chi connectivity index (χ4v) is 1.69. The molecular formula is C16H13N3O. The number of aliphatic imine (C=N–C) groups is 3. The first-order chi connectivity index (χ1) is 9.93. The summed E-state index contributed by atoms with van der Waals surface area (Å²) in [6.45, 7) is 0.